The van der Waals surface area contributed by atoms with Crippen molar-refractivity contribution in [2.45, 2.75) is 31.7 Å². The Kier molecular flexibility index (Phi) is 3.84. The van der Waals surface area contributed by atoms with E-state index in [1.807, 2.05) is 42.2 Å². The van der Waals surface area contributed by atoms with Gasteiger partial charge < -0.3 is 4.90 Å². The third-order valence-corrected chi connectivity index (χ3v) is 5.59. The highest BCUT2D eigenvalue weighted by Crippen LogP contribution is 2.49. The minimum atomic E-state index is -0.236. The lowest BCUT2D eigenvalue weighted by Gasteiger charge is -2.35. The fourth-order valence-corrected chi connectivity index (χ4v) is 3.97. The van der Waals surface area contributed by atoms with E-state index < -0.39 is 0 Å². The van der Waals surface area contributed by atoms with Crippen molar-refractivity contribution < 1.29 is 9.18 Å². The largest absolute Gasteiger partial charge is 0.335 e. The van der Waals surface area contributed by atoms with Gasteiger partial charge in [0.2, 0.25) is 5.91 Å². The molecule has 4 rings (SSSR count). The van der Waals surface area contributed by atoms with Gasteiger partial charge >= 0.3 is 0 Å². The molecule has 2 aromatic rings. The zero-order valence-corrected chi connectivity index (χ0v) is 14.3. The van der Waals surface area contributed by atoms with Gasteiger partial charge in [-0.15, -0.1) is 0 Å². The summed E-state index contributed by atoms with van der Waals surface area (Å²) in [4.78, 5) is 14.8. The maximum absolute atomic E-state index is 13.6. The lowest BCUT2D eigenvalue weighted by molar-refractivity contribution is -0.135. The first-order valence-corrected chi connectivity index (χ1v) is 8.76. The third-order valence-electron chi connectivity index (χ3n) is 5.34. The van der Waals surface area contributed by atoms with Crippen LogP contribution in [0.5, 0.6) is 0 Å². The molecule has 3 unspecified atom stereocenters. The standard InChI is InChI=1S/C20H19ClFNO/c1-12-17-10-16(22)7-4-14(17)8-9-23(12)20(24)19-11-18(19)13-2-5-15(21)6-3-13/h2-7,10,12,18-19H,8-9,11H2,1H3. The predicted molar refractivity (Wildman–Crippen MR) is 92.5 cm³/mol. The quantitative estimate of drug-likeness (QED) is 0.772. The summed E-state index contributed by atoms with van der Waals surface area (Å²) < 4.78 is 13.6. The number of hydrogen-bond acceptors (Lipinski definition) is 1. The van der Waals surface area contributed by atoms with Crippen molar-refractivity contribution in [3.63, 3.8) is 0 Å². The molecule has 0 N–H and O–H groups in total. The van der Waals surface area contributed by atoms with Crippen LogP contribution in [0, 0.1) is 11.7 Å². The van der Waals surface area contributed by atoms with Gasteiger partial charge in [0, 0.05) is 17.5 Å². The van der Waals surface area contributed by atoms with E-state index in [1.165, 1.54) is 11.6 Å². The number of rotatable bonds is 2. The Labute approximate surface area is 146 Å². The average molecular weight is 344 g/mol. The molecule has 1 heterocycles. The molecule has 0 spiro atoms. The SMILES string of the molecule is CC1c2cc(F)ccc2CCN1C(=O)C1CC1c1ccc(Cl)cc1. The van der Waals surface area contributed by atoms with E-state index in [1.54, 1.807) is 6.07 Å². The van der Waals surface area contributed by atoms with Crippen molar-refractivity contribution in [3.8, 4) is 0 Å². The Morgan fingerprint density at radius 3 is 2.71 bits per heavy atom. The molecule has 0 radical (unpaired) electrons. The lowest BCUT2D eigenvalue weighted by atomic mass is 9.93. The van der Waals surface area contributed by atoms with Crippen molar-refractivity contribution in [1.29, 1.82) is 0 Å². The summed E-state index contributed by atoms with van der Waals surface area (Å²) >= 11 is 5.93. The van der Waals surface area contributed by atoms with Crippen LogP contribution in [-0.2, 0) is 11.2 Å². The summed E-state index contributed by atoms with van der Waals surface area (Å²) in [6.45, 7) is 2.71. The lowest BCUT2D eigenvalue weighted by Crippen LogP contribution is -2.40. The molecule has 1 aliphatic carbocycles. The van der Waals surface area contributed by atoms with E-state index >= 15 is 0 Å². The van der Waals surface area contributed by atoms with Gasteiger partial charge in [0.25, 0.3) is 0 Å². The molecule has 1 amide bonds. The van der Waals surface area contributed by atoms with Crippen LogP contribution in [0.15, 0.2) is 42.5 Å². The molecular formula is C20H19ClFNO. The summed E-state index contributed by atoms with van der Waals surface area (Å²) in [5, 5.41) is 0.713. The van der Waals surface area contributed by atoms with E-state index in [9.17, 15) is 9.18 Å². The molecule has 2 aromatic carbocycles. The highest BCUT2D eigenvalue weighted by Gasteiger charge is 2.47. The number of nitrogens with zero attached hydrogens (tertiary/aromatic N) is 1. The normalized spacial score (nSPS) is 25.3. The Morgan fingerprint density at radius 2 is 1.96 bits per heavy atom. The van der Waals surface area contributed by atoms with Crippen LogP contribution in [0.2, 0.25) is 5.02 Å². The Bertz CT molecular complexity index is 789. The van der Waals surface area contributed by atoms with Crippen LogP contribution in [0.25, 0.3) is 0 Å². The summed E-state index contributed by atoms with van der Waals surface area (Å²) in [5.41, 5.74) is 3.27. The second-order valence-corrected chi connectivity index (χ2v) is 7.24. The number of halogens is 2. The molecule has 0 aromatic heterocycles. The highest BCUT2D eigenvalue weighted by molar-refractivity contribution is 6.30. The number of carbonyl (C=O) groups excluding carboxylic acids is 1. The number of amides is 1. The molecule has 1 saturated carbocycles. The zero-order chi connectivity index (χ0) is 16.8. The van der Waals surface area contributed by atoms with E-state index in [0.717, 1.165) is 24.0 Å². The van der Waals surface area contributed by atoms with Gasteiger partial charge in [-0.2, -0.15) is 0 Å². The minimum absolute atomic E-state index is 0.0451. The highest BCUT2D eigenvalue weighted by atomic mass is 35.5. The Balaban J connectivity index is 1.51. The molecule has 2 aliphatic rings. The smallest absolute Gasteiger partial charge is 0.226 e. The summed E-state index contributed by atoms with van der Waals surface area (Å²) in [6.07, 6.45) is 1.68. The molecular weight excluding hydrogens is 325 g/mol. The van der Waals surface area contributed by atoms with E-state index in [2.05, 4.69) is 0 Å². The minimum Gasteiger partial charge on any atom is -0.335 e. The van der Waals surface area contributed by atoms with E-state index in [0.29, 0.717) is 11.6 Å². The Morgan fingerprint density at radius 1 is 1.21 bits per heavy atom. The van der Waals surface area contributed by atoms with Crippen LogP contribution in [0.3, 0.4) is 0 Å². The second kappa shape index (κ2) is 5.89. The van der Waals surface area contributed by atoms with Gasteiger partial charge in [-0.1, -0.05) is 29.8 Å². The third kappa shape index (κ3) is 2.71. The molecule has 24 heavy (non-hydrogen) atoms. The van der Waals surface area contributed by atoms with Crippen LogP contribution in [0.1, 0.15) is 42.0 Å². The van der Waals surface area contributed by atoms with Crippen molar-refractivity contribution in [1.82, 2.24) is 4.90 Å². The van der Waals surface area contributed by atoms with Gasteiger partial charge in [0.15, 0.2) is 0 Å². The monoisotopic (exact) mass is 343 g/mol. The molecule has 4 heteroatoms. The first-order valence-electron chi connectivity index (χ1n) is 8.39. The van der Waals surface area contributed by atoms with E-state index in [4.69, 9.17) is 11.6 Å². The molecule has 124 valence electrons. The molecule has 0 saturated heterocycles. The number of fused-ring (bicyclic) bond motifs is 1. The first-order chi connectivity index (χ1) is 11.5. The van der Waals surface area contributed by atoms with E-state index in [-0.39, 0.29) is 29.6 Å². The maximum atomic E-state index is 13.6. The second-order valence-electron chi connectivity index (χ2n) is 6.80. The van der Waals surface area contributed by atoms with Crippen molar-refractivity contribution >= 4 is 17.5 Å². The van der Waals surface area contributed by atoms with Crippen molar-refractivity contribution in [3.05, 3.63) is 70.0 Å². The first kappa shape index (κ1) is 15.6. The van der Waals surface area contributed by atoms with Crippen LogP contribution < -0.4 is 0 Å². The van der Waals surface area contributed by atoms with Gasteiger partial charge in [-0.25, -0.2) is 4.39 Å². The molecule has 2 nitrogen and oxygen atoms in total. The topological polar surface area (TPSA) is 20.3 Å². The molecule has 1 aliphatic heterocycles. The zero-order valence-electron chi connectivity index (χ0n) is 13.5. The predicted octanol–water partition coefficient (Wildman–Crippen LogP) is 4.73. The summed E-state index contributed by atoms with van der Waals surface area (Å²) in [7, 11) is 0. The molecule has 1 fully saturated rings. The maximum Gasteiger partial charge on any atom is 0.226 e. The van der Waals surface area contributed by atoms with Crippen LogP contribution in [-0.4, -0.2) is 17.4 Å². The molecule has 3 atom stereocenters. The number of benzene rings is 2. The van der Waals surface area contributed by atoms with Crippen molar-refractivity contribution in [2.75, 3.05) is 6.54 Å². The van der Waals surface area contributed by atoms with Crippen LogP contribution in [0.4, 0.5) is 4.39 Å². The number of hydrogen-bond donors (Lipinski definition) is 0. The summed E-state index contributed by atoms with van der Waals surface area (Å²) in [6, 6.07) is 12.6. The summed E-state index contributed by atoms with van der Waals surface area (Å²) in [5.74, 6) is 0.289. The fraction of sp³-hybridized carbons (Fsp3) is 0.350. The average Bonchev–Trinajstić information content (AvgIpc) is 3.36. The van der Waals surface area contributed by atoms with Gasteiger partial charge in [0.1, 0.15) is 5.82 Å². The molecule has 0 bridgehead atoms. The van der Waals surface area contributed by atoms with Gasteiger partial charge in [0.05, 0.1) is 6.04 Å². The number of carbonyl (C=O) groups is 1. The Hall–Kier alpha value is -1.87. The van der Waals surface area contributed by atoms with Gasteiger partial charge in [-0.3, -0.25) is 4.79 Å². The fourth-order valence-electron chi connectivity index (χ4n) is 3.85. The van der Waals surface area contributed by atoms with Crippen molar-refractivity contribution in [2.24, 2.45) is 5.92 Å². The van der Waals surface area contributed by atoms with Crippen LogP contribution >= 0.6 is 11.6 Å². The van der Waals surface area contributed by atoms with Gasteiger partial charge in [-0.05, 0) is 66.6 Å².